The van der Waals surface area contributed by atoms with Crippen molar-refractivity contribution in [3.8, 4) is 11.5 Å². The molecule has 1 unspecified atom stereocenters. The van der Waals surface area contributed by atoms with Crippen molar-refractivity contribution in [1.82, 2.24) is 0 Å². The Kier molecular flexibility index (Phi) is 4.73. The van der Waals surface area contributed by atoms with Crippen molar-refractivity contribution in [3.63, 3.8) is 0 Å². The highest BCUT2D eigenvalue weighted by molar-refractivity contribution is 6.23. The third-order valence-electron chi connectivity index (χ3n) is 5.07. The van der Waals surface area contributed by atoms with E-state index in [0.29, 0.717) is 5.75 Å². The maximum Gasteiger partial charge on any atom is 0.127 e. The van der Waals surface area contributed by atoms with Gasteiger partial charge in [-0.3, -0.25) is 0 Å². The van der Waals surface area contributed by atoms with Crippen molar-refractivity contribution in [3.05, 3.63) is 22.3 Å². The predicted molar refractivity (Wildman–Crippen MR) is 93.5 cm³/mol. The molecule has 1 aliphatic heterocycles. The van der Waals surface area contributed by atoms with Gasteiger partial charge in [-0.05, 0) is 90.3 Å². The van der Waals surface area contributed by atoms with E-state index in [1.165, 1.54) is 5.56 Å². The minimum atomic E-state index is -0.141. The van der Waals surface area contributed by atoms with Gasteiger partial charge in [0.1, 0.15) is 17.1 Å². The molecule has 0 aliphatic carbocycles. The van der Waals surface area contributed by atoms with Crippen molar-refractivity contribution in [2.24, 2.45) is 0 Å². The van der Waals surface area contributed by atoms with Crippen molar-refractivity contribution in [2.75, 3.05) is 0 Å². The van der Waals surface area contributed by atoms with Crippen LogP contribution in [0, 0.1) is 20.8 Å². The van der Waals surface area contributed by atoms with Gasteiger partial charge in [0.05, 0.1) is 0 Å². The molecule has 0 aromatic heterocycles. The first-order valence-corrected chi connectivity index (χ1v) is 8.61. The van der Waals surface area contributed by atoms with Gasteiger partial charge in [0.2, 0.25) is 0 Å². The van der Waals surface area contributed by atoms with Gasteiger partial charge in [-0.2, -0.15) is 0 Å². The molecule has 22 heavy (non-hydrogen) atoms. The highest BCUT2D eigenvalue weighted by Gasteiger charge is 2.34. The summed E-state index contributed by atoms with van der Waals surface area (Å²) in [7, 11) is 0. The molecule has 0 saturated heterocycles. The Morgan fingerprint density at radius 1 is 1.18 bits per heavy atom. The first-order chi connectivity index (χ1) is 10.0. The number of halogens is 1. The van der Waals surface area contributed by atoms with Gasteiger partial charge in [0.15, 0.2) is 0 Å². The van der Waals surface area contributed by atoms with Crippen LogP contribution >= 0.6 is 11.6 Å². The molecule has 0 fully saturated rings. The minimum Gasteiger partial charge on any atom is -0.507 e. The molecule has 1 aromatic rings. The molecule has 0 amide bonds. The van der Waals surface area contributed by atoms with Crippen LogP contribution in [0.4, 0.5) is 0 Å². The van der Waals surface area contributed by atoms with E-state index < -0.39 is 0 Å². The van der Waals surface area contributed by atoms with Gasteiger partial charge in [-0.25, -0.2) is 0 Å². The van der Waals surface area contributed by atoms with Gasteiger partial charge in [-0.15, -0.1) is 11.6 Å². The number of ether oxygens (including phenoxy) is 1. The number of hydrogen-bond donors (Lipinski definition) is 1. The second-order valence-electron chi connectivity index (χ2n) is 7.66. The van der Waals surface area contributed by atoms with E-state index in [2.05, 4.69) is 20.8 Å². The van der Waals surface area contributed by atoms with Crippen LogP contribution in [0.15, 0.2) is 0 Å². The average molecular weight is 325 g/mol. The molecular formula is C19H29ClO2. The molecule has 1 aliphatic rings. The molecular weight excluding hydrogens is 296 g/mol. The number of alkyl halides is 1. The second-order valence-corrected chi connectivity index (χ2v) is 8.68. The van der Waals surface area contributed by atoms with E-state index in [4.69, 9.17) is 16.3 Å². The number of benzene rings is 1. The SMILES string of the molecule is Cc1c(C)c2c(c(C)c1O)CCC(C)(CCCC(C)(C)Cl)O2. The van der Waals surface area contributed by atoms with Crippen LogP contribution in [-0.2, 0) is 6.42 Å². The summed E-state index contributed by atoms with van der Waals surface area (Å²) >= 11 is 6.29. The van der Waals surface area contributed by atoms with Crippen molar-refractivity contribution in [2.45, 2.75) is 84.1 Å². The maximum atomic E-state index is 10.2. The van der Waals surface area contributed by atoms with Crippen LogP contribution in [0.25, 0.3) is 0 Å². The molecule has 1 aromatic carbocycles. The lowest BCUT2D eigenvalue weighted by molar-refractivity contribution is 0.0518. The van der Waals surface area contributed by atoms with Crippen LogP contribution in [0.2, 0.25) is 0 Å². The lowest BCUT2D eigenvalue weighted by Crippen LogP contribution is -2.37. The van der Waals surface area contributed by atoms with E-state index in [9.17, 15) is 5.11 Å². The van der Waals surface area contributed by atoms with E-state index in [-0.39, 0.29) is 10.5 Å². The Hall–Kier alpha value is -0.890. The smallest absolute Gasteiger partial charge is 0.127 e. The van der Waals surface area contributed by atoms with Gasteiger partial charge < -0.3 is 9.84 Å². The fraction of sp³-hybridized carbons (Fsp3) is 0.684. The third-order valence-corrected chi connectivity index (χ3v) is 5.26. The summed E-state index contributed by atoms with van der Waals surface area (Å²) in [6.45, 7) is 12.3. The normalized spacial score (nSPS) is 21.4. The molecule has 0 spiro atoms. The largest absolute Gasteiger partial charge is 0.507 e. The van der Waals surface area contributed by atoms with Gasteiger partial charge in [0.25, 0.3) is 0 Å². The van der Waals surface area contributed by atoms with E-state index in [1.54, 1.807) is 0 Å². The molecule has 1 atom stereocenters. The molecule has 1 heterocycles. The fourth-order valence-electron chi connectivity index (χ4n) is 3.35. The Morgan fingerprint density at radius 3 is 2.41 bits per heavy atom. The van der Waals surface area contributed by atoms with E-state index in [1.807, 2.05) is 20.8 Å². The molecule has 2 rings (SSSR count). The van der Waals surface area contributed by atoms with Crippen LogP contribution in [0.3, 0.4) is 0 Å². The van der Waals surface area contributed by atoms with Crippen molar-refractivity contribution >= 4 is 11.6 Å². The Balaban J connectivity index is 2.20. The van der Waals surface area contributed by atoms with Gasteiger partial charge >= 0.3 is 0 Å². The standard InChI is InChI=1S/C19H29ClO2/c1-12-13(2)17-15(14(3)16(12)21)8-11-19(6,22-17)10-7-9-18(4,5)20/h21H,7-11H2,1-6H3. The van der Waals surface area contributed by atoms with Crippen LogP contribution in [-0.4, -0.2) is 15.6 Å². The van der Waals surface area contributed by atoms with E-state index >= 15 is 0 Å². The number of aromatic hydroxyl groups is 1. The first kappa shape index (κ1) is 17.5. The molecule has 3 heteroatoms. The van der Waals surface area contributed by atoms with Gasteiger partial charge in [0, 0.05) is 10.4 Å². The summed E-state index contributed by atoms with van der Waals surface area (Å²) in [5.41, 5.74) is 4.03. The number of rotatable bonds is 4. The highest BCUT2D eigenvalue weighted by Crippen LogP contribution is 2.44. The maximum absolute atomic E-state index is 10.2. The Bertz CT molecular complexity index is 572. The van der Waals surface area contributed by atoms with Crippen molar-refractivity contribution in [1.29, 1.82) is 0 Å². The molecule has 0 radical (unpaired) electrons. The quantitative estimate of drug-likeness (QED) is 0.732. The number of fused-ring (bicyclic) bond motifs is 1. The lowest BCUT2D eigenvalue weighted by atomic mass is 9.84. The zero-order valence-corrected chi connectivity index (χ0v) is 15.5. The summed E-state index contributed by atoms with van der Waals surface area (Å²) in [6.07, 6.45) is 5.04. The summed E-state index contributed by atoms with van der Waals surface area (Å²) in [6, 6.07) is 0. The summed E-state index contributed by atoms with van der Waals surface area (Å²) in [4.78, 5) is -0.141. The average Bonchev–Trinajstić information content (AvgIpc) is 2.41. The van der Waals surface area contributed by atoms with Crippen LogP contribution in [0.1, 0.15) is 68.7 Å². The fourth-order valence-corrected chi connectivity index (χ4v) is 3.49. The summed E-state index contributed by atoms with van der Waals surface area (Å²) < 4.78 is 6.43. The van der Waals surface area contributed by atoms with Crippen LogP contribution < -0.4 is 4.74 Å². The Morgan fingerprint density at radius 2 is 1.82 bits per heavy atom. The topological polar surface area (TPSA) is 29.5 Å². The zero-order valence-electron chi connectivity index (χ0n) is 14.8. The third kappa shape index (κ3) is 3.53. The molecule has 124 valence electrons. The lowest BCUT2D eigenvalue weighted by Gasteiger charge is -2.38. The zero-order chi connectivity index (χ0) is 16.7. The van der Waals surface area contributed by atoms with E-state index in [0.717, 1.165) is 54.5 Å². The number of phenols is 1. The number of phenolic OH excluding ortho intramolecular Hbond substituents is 1. The van der Waals surface area contributed by atoms with Gasteiger partial charge in [-0.1, -0.05) is 0 Å². The number of hydrogen-bond acceptors (Lipinski definition) is 2. The second kappa shape index (κ2) is 5.96. The van der Waals surface area contributed by atoms with Crippen LogP contribution in [0.5, 0.6) is 11.5 Å². The molecule has 0 bridgehead atoms. The molecule has 1 N–H and O–H groups in total. The monoisotopic (exact) mass is 324 g/mol. The highest BCUT2D eigenvalue weighted by atomic mass is 35.5. The van der Waals surface area contributed by atoms with Crippen molar-refractivity contribution < 1.29 is 9.84 Å². The minimum absolute atomic E-state index is 0.129. The summed E-state index contributed by atoms with van der Waals surface area (Å²) in [5, 5.41) is 10.2. The predicted octanol–water partition coefficient (Wildman–Crippen LogP) is 5.59. The summed E-state index contributed by atoms with van der Waals surface area (Å²) in [5.74, 6) is 1.42. The molecule has 0 saturated carbocycles. The molecule has 2 nitrogen and oxygen atoms in total. The first-order valence-electron chi connectivity index (χ1n) is 8.24. The Labute approximate surface area is 139 Å².